The molecule has 3 nitrogen and oxygen atoms in total. The molecule has 1 N–H and O–H groups in total. The predicted molar refractivity (Wildman–Crippen MR) is 110 cm³/mol. The summed E-state index contributed by atoms with van der Waals surface area (Å²) in [7, 11) is 0. The molecular formula is C16H21Br2N3S. The molecule has 0 atom stereocenters. The van der Waals surface area contributed by atoms with E-state index in [0.29, 0.717) is 31.0 Å². The second-order valence-electron chi connectivity index (χ2n) is 4.26. The van der Waals surface area contributed by atoms with Gasteiger partial charge >= 0.3 is 0 Å². The lowest BCUT2D eigenvalue weighted by Crippen LogP contribution is -2.10. The van der Waals surface area contributed by atoms with Crippen LogP contribution in [0.2, 0.25) is 0 Å². The molecule has 0 unspecified atom stereocenters. The molecule has 22 heavy (non-hydrogen) atoms. The zero-order chi connectivity index (χ0) is 24.3. The summed E-state index contributed by atoms with van der Waals surface area (Å²) in [5.74, 6) is 0. The molecule has 0 saturated carbocycles. The number of hydrogen-bond acceptors (Lipinski definition) is 4. The fraction of sp³-hybridized carbons (Fsp3) is 0.250. The van der Waals surface area contributed by atoms with E-state index in [-0.39, 0.29) is 45.3 Å². The summed E-state index contributed by atoms with van der Waals surface area (Å²) in [6.45, 7) is -11.6. The van der Waals surface area contributed by atoms with Crippen molar-refractivity contribution in [2.75, 3.05) is 43.0 Å². The van der Waals surface area contributed by atoms with Gasteiger partial charge in [0.25, 0.3) is 0 Å². The van der Waals surface area contributed by atoms with Gasteiger partial charge in [0, 0.05) is 65.5 Å². The summed E-state index contributed by atoms with van der Waals surface area (Å²) >= 11 is 1.14. The van der Waals surface area contributed by atoms with Crippen LogP contribution in [0, 0.1) is 0 Å². The minimum absolute atomic E-state index is 0. The standard InChI is InChI=1S/C16H19N3S.2BrH/c1-18(2)11-5-7-13-15(9-11)20-16-10-12(19(3)4)6-8-14(16)17-13;;/h5-10,17H,1-4H3;2*1H/i1D3,2D3,3D3,4D3;;. The first-order chi connectivity index (χ1) is 14.4. The molecule has 6 heteroatoms. The summed E-state index contributed by atoms with van der Waals surface area (Å²) in [5.41, 5.74) is 1.12. The zero-order valence-electron chi connectivity index (χ0n) is 23.1. The first-order valence-corrected chi connectivity index (χ1v) is 6.54. The van der Waals surface area contributed by atoms with E-state index >= 15 is 0 Å². The third kappa shape index (κ3) is 3.73. The van der Waals surface area contributed by atoms with Gasteiger partial charge < -0.3 is 15.1 Å². The van der Waals surface area contributed by atoms with Crippen molar-refractivity contribution >= 4 is 68.5 Å². The van der Waals surface area contributed by atoms with Crippen LogP contribution in [0.3, 0.4) is 0 Å². The van der Waals surface area contributed by atoms with Crippen LogP contribution >= 0.6 is 45.7 Å². The molecule has 0 bridgehead atoms. The van der Waals surface area contributed by atoms with Crippen LogP contribution in [0.1, 0.15) is 16.4 Å². The molecule has 2 aromatic carbocycles. The van der Waals surface area contributed by atoms with Crippen molar-refractivity contribution in [3.05, 3.63) is 36.4 Å². The molecule has 0 aromatic heterocycles. The molecule has 0 saturated heterocycles. The van der Waals surface area contributed by atoms with Gasteiger partial charge in [0.1, 0.15) is 0 Å². The van der Waals surface area contributed by atoms with Gasteiger partial charge in [-0.2, -0.15) is 0 Å². The molecule has 0 spiro atoms. The predicted octanol–water partition coefficient (Wildman–Crippen LogP) is 5.18. The number of nitrogens with zero attached hydrogens (tertiary/aromatic N) is 2. The monoisotopic (exact) mass is 457 g/mol. The molecule has 3 rings (SSSR count). The van der Waals surface area contributed by atoms with Crippen molar-refractivity contribution in [2.24, 2.45) is 0 Å². The van der Waals surface area contributed by atoms with Crippen LogP contribution in [0.5, 0.6) is 0 Å². The molecule has 1 aliphatic rings. The van der Waals surface area contributed by atoms with Crippen molar-refractivity contribution in [3.8, 4) is 0 Å². The zero-order valence-corrected chi connectivity index (χ0v) is 15.3. The molecule has 2 aromatic rings. The number of anilines is 4. The lowest BCUT2D eigenvalue weighted by molar-refractivity contribution is 1.11. The molecule has 0 amide bonds. The minimum Gasteiger partial charge on any atom is -0.378 e. The Bertz CT molecular complexity index is 913. The maximum atomic E-state index is 7.60. The van der Waals surface area contributed by atoms with E-state index in [1.54, 1.807) is 12.1 Å². The molecule has 1 heterocycles. The van der Waals surface area contributed by atoms with Gasteiger partial charge in [0.15, 0.2) is 0 Å². The number of benzene rings is 2. The number of nitrogens with one attached hydrogen (secondary N) is 1. The summed E-state index contributed by atoms with van der Waals surface area (Å²) in [6, 6.07) is 8.69. The highest BCUT2D eigenvalue weighted by Gasteiger charge is 2.17. The number of fused-ring (bicyclic) bond motifs is 2. The highest BCUT2D eigenvalue weighted by molar-refractivity contribution is 8.93. The van der Waals surface area contributed by atoms with E-state index in [2.05, 4.69) is 5.32 Å². The highest BCUT2D eigenvalue weighted by atomic mass is 79.9. The second-order valence-corrected chi connectivity index (χ2v) is 5.34. The summed E-state index contributed by atoms with van der Waals surface area (Å²) < 4.78 is 91.2. The van der Waals surface area contributed by atoms with Crippen LogP contribution in [0.25, 0.3) is 0 Å². The van der Waals surface area contributed by atoms with Gasteiger partial charge in [0.05, 0.1) is 11.4 Å². The fourth-order valence-corrected chi connectivity index (χ4v) is 2.99. The van der Waals surface area contributed by atoms with Crippen LogP contribution in [-0.2, 0) is 0 Å². The minimum atomic E-state index is -2.91. The first kappa shape index (κ1) is 7.81. The Morgan fingerprint density at radius 3 is 1.68 bits per heavy atom. The molecular weight excluding hydrogens is 426 g/mol. The SMILES string of the molecule is Br.Br.[2H]C([2H])([2H])N(c1ccc2c(c1)Sc1cc(N(C([2H])([2H])[2H])C([2H])([2H])[2H])ccc1N2)C([2H])([2H])[2H]. The van der Waals surface area contributed by atoms with Gasteiger partial charge in [-0.05, 0) is 36.4 Å². The fourth-order valence-electron chi connectivity index (χ4n) is 1.94. The summed E-state index contributed by atoms with van der Waals surface area (Å²) in [4.78, 5) is 1.75. The van der Waals surface area contributed by atoms with E-state index in [9.17, 15) is 0 Å². The molecule has 0 aliphatic carbocycles. The quantitative estimate of drug-likeness (QED) is 0.569. The van der Waals surface area contributed by atoms with Gasteiger partial charge in [-0.1, -0.05) is 11.8 Å². The van der Waals surface area contributed by atoms with Gasteiger partial charge in [-0.15, -0.1) is 34.0 Å². The third-order valence-electron chi connectivity index (χ3n) is 2.94. The Hall–Kier alpha value is -0.850. The van der Waals surface area contributed by atoms with Gasteiger partial charge in [0.2, 0.25) is 0 Å². The highest BCUT2D eigenvalue weighted by Crippen LogP contribution is 2.46. The Labute approximate surface area is 174 Å². The Balaban J connectivity index is 0.00000289. The summed E-state index contributed by atoms with van der Waals surface area (Å²) in [5, 5.41) is 3.11. The number of halogens is 2. The van der Waals surface area contributed by atoms with Crippen molar-refractivity contribution in [1.29, 1.82) is 0 Å². The molecule has 0 radical (unpaired) electrons. The first-order valence-electron chi connectivity index (χ1n) is 11.7. The van der Waals surface area contributed by atoms with E-state index in [1.165, 1.54) is 24.3 Å². The van der Waals surface area contributed by atoms with E-state index < -0.39 is 27.9 Å². The maximum absolute atomic E-state index is 7.60. The normalized spacial score (nSPS) is 21.5. The smallest absolute Gasteiger partial charge is 0.0527 e. The van der Waals surface area contributed by atoms with Crippen LogP contribution in [-0.4, -0.2) is 27.9 Å². The Kier molecular flexibility index (Phi) is 2.70. The van der Waals surface area contributed by atoms with E-state index in [1.807, 2.05) is 0 Å². The molecule has 1 aliphatic heterocycles. The molecule has 120 valence electrons. The van der Waals surface area contributed by atoms with Gasteiger partial charge in [-0.25, -0.2) is 0 Å². The lowest BCUT2D eigenvalue weighted by atomic mass is 10.2. The average molecular weight is 459 g/mol. The Morgan fingerprint density at radius 1 is 0.818 bits per heavy atom. The van der Waals surface area contributed by atoms with Crippen LogP contribution < -0.4 is 15.1 Å². The maximum Gasteiger partial charge on any atom is 0.0527 e. The second kappa shape index (κ2) is 7.62. The van der Waals surface area contributed by atoms with Crippen molar-refractivity contribution < 1.29 is 16.4 Å². The van der Waals surface area contributed by atoms with Crippen molar-refractivity contribution in [1.82, 2.24) is 0 Å². The van der Waals surface area contributed by atoms with E-state index in [4.69, 9.17) is 16.4 Å². The summed E-state index contributed by atoms with van der Waals surface area (Å²) in [6.07, 6.45) is 0. The van der Waals surface area contributed by atoms with Crippen molar-refractivity contribution in [3.63, 3.8) is 0 Å². The van der Waals surface area contributed by atoms with Crippen LogP contribution in [0.15, 0.2) is 46.2 Å². The van der Waals surface area contributed by atoms with E-state index in [0.717, 1.165) is 11.8 Å². The van der Waals surface area contributed by atoms with Crippen molar-refractivity contribution in [2.45, 2.75) is 9.79 Å². The number of rotatable bonds is 2. The van der Waals surface area contributed by atoms with Crippen LogP contribution in [0.4, 0.5) is 22.7 Å². The number of hydrogen-bond donors (Lipinski definition) is 1. The van der Waals surface area contributed by atoms with Gasteiger partial charge in [-0.3, -0.25) is 0 Å². The third-order valence-corrected chi connectivity index (χ3v) is 4.05. The molecule has 0 fully saturated rings. The topological polar surface area (TPSA) is 18.5 Å². The average Bonchev–Trinajstić information content (AvgIpc) is 2.54. The largest absolute Gasteiger partial charge is 0.378 e. The Morgan fingerprint density at radius 2 is 1.27 bits per heavy atom. The lowest BCUT2D eigenvalue weighted by Gasteiger charge is -2.24.